The number of hydrogen-bond donors (Lipinski definition) is 1. The van der Waals surface area contributed by atoms with Crippen molar-refractivity contribution in [2.24, 2.45) is 0 Å². The first-order valence-electron chi connectivity index (χ1n) is 5.64. The number of fused-ring (bicyclic) bond motifs is 1. The van der Waals surface area contributed by atoms with Crippen molar-refractivity contribution in [2.45, 2.75) is 18.8 Å². The fraction of sp³-hybridized carbons (Fsp3) is 0.500. The van der Waals surface area contributed by atoms with Crippen LogP contribution in [0.5, 0.6) is 11.5 Å². The molecule has 3 rings (SSSR count). The Morgan fingerprint density at radius 3 is 3.06 bits per heavy atom. The Morgan fingerprint density at radius 1 is 1.31 bits per heavy atom. The van der Waals surface area contributed by atoms with Crippen molar-refractivity contribution in [1.82, 2.24) is 5.32 Å². The van der Waals surface area contributed by atoms with Crippen LogP contribution in [0, 0.1) is 5.82 Å². The summed E-state index contributed by atoms with van der Waals surface area (Å²) in [5, 5.41) is 3.33. The van der Waals surface area contributed by atoms with Crippen LogP contribution in [0.4, 0.5) is 4.39 Å². The molecule has 3 nitrogen and oxygen atoms in total. The Hall–Kier alpha value is -1.29. The third-order valence-electron chi connectivity index (χ3n) is 3.22. The zero-order chi connectivity index (χ0) is 11.0. The normalized spacial score (nSPS) is 23.4. The molecule has 1 atom stereocenters. The predicted octanol–water partition coefficient (Wildman–Crippen LogP) is 2.02. The van der Waals surface area contributed by atoms with Crippen LogP contribution in [0.15, 0.2) is 12.1 Å². The molecular weight excluding hydrogens is 209 g/mol. The lowest BCUT2D eigenvalue weighted by Crippen LogP contribution is -2.28. The van der Waals surface area contributed by atoms with E-state index in [9.17, 15) is 4.39 Å². The summed E-state index contributed by atoms with van der Waals surface area (Å²) < 4.78 is 24.0. The topological polar surface area (TPSA) is 30.5 Å². The van der Waals surface area contributed by atoms with Gasteiger partial charge in [0.25, 0.3) is 0 Å². The van der Waals surface area contributed by atoms with Gasteiger partial charge in [-0.15, -0.1) is 0 Å². The molecule has 2 heterocycles. The van der Waals surface area contributed by atoms with Crippen molar-refractivity contribution in [3.63, 3.8) is 0 Å². The fourth-order valence-electron chi connectivity index (χ4n) is 2.36. The van der Waals surface area contributed by atoms with Gasteiger partial charge in [-0.2, -0.15) is 0 Å². The summed E-state index contributed by atoms with van der Waals surface area (Å²) in [6.45, 7) is 2.10. The van der Waals surface area contributed by atoms with Crippen molar-refractivity contribution in [3.8, 4) is 11.5 Å². The third kappa shape index (κ3) is 1.63. The third-order valence-corrected chi connectivity index (χ3v) is 3.22. The highest BCUT2D eigenvalue weighted by Gasteiger charge is 2.23. The first-order chi connectivity index (χ1) is 7.84. The lowest BCUT2D eigenvalue weighted by atomic mass is 9.91. The predicted molar refractivity (Wildman–Crippen MR) is 57.4 cm³/mol. The second-order valence-corrected chi connectivity index (χ2v) is 4.28. The Bertz CT molecular complexity index is 402. The lowest BCUT2D eigenvalue weighted by molar-refractivity contribution is 0.171. The van der Waals surface area contributed by atoms with Gasteiger partial charge in [0.1, 0.15) is 0 Å². The van der Waals surface area contributed by atoms with Crippen molar-refractivity contribution in [3.05, 3.63) is 23.5 Å². The Morgan fingerprint density at radius 2 is 2.25 bits per heavy atom. The smallest absolute Gasteiger partial charge is 0.231 e. The maximum Gasteiger partial charge on any atom is 0.231 e. The van der Waals surface area contributed by atoms with E-state index < -0.39 is 0 Å². The van der Waals surface area contributed by atoms with Gasteiger partial charge in [-0.3, -0.25) is 0 Å². The highest BCUT2D eigenvalue weighted by Crippen LogP contribution is 2.38. The van der Waals surface area contributed by atoms with Crippen molar-refractivity contribution in [2.75, 3.05) is 19.9 Å². The van der Waals surface area contributed by atoms with Crippen LogP contribution in [0.2, 0.25) is 0 Å². The van der Waals surface area contributed by atoms with Gasteiger partial charge in [-0.25, -0.2) is 4.39 Å². The zero-order valence-electron chi connectivity index (χ0n) is 8.96. The molecule has 86 valence electrons. The number of halogens is 1. The van der Waals surface area contributed by atoms with Crippen LogP contribution < -0.4 is 14.8 Å². The SMILES string of the molecule is Fc1cc(C2CCCNC2)cc2c1OCO2. The number of benzene rings is 1. The lowest BCUT2D eigenvalue weighted by Gasteiger charge is -2.23. The average Bonchev–Trinajstić information content (AvgIpc) is 2.79. The minimum absolute atomic E-state index is 0.124. The molecule has 0 aromatic heterocycles. The molecular formula is C12H14FNO2. The molecule has 4 heteroatoms. The van der Waals surface area contributed by atoms with Gasteiger partial charge in [0.2, 0.25) is 12.5 Å². The van der Waals surface area contributed by atoms with Crippen molar-refractivity contribution in [1.29, 1.82) is 0 Å². The molecule has 0 spiro atoms. The zero-order valence-corrected chi connectivity index (χ0v) is 8.96. The summed E-state index contributed by atoms with van der Waals surface area (Å²) in [4.78, 5) is 0. The first-order valence-corrected chi connectivity index (χ1v) is 5.64. The Kier molecular flexibility index (Phi) is 2.44. The van der Waals surface area contributed by atoms with E-state index in [1.165, 1.54) is 0 Å². The minimum Gasteiger partial charge on any atom is -0.453 e. The number of rotatable bonds is 1. The van der Waals surface area contributed by atoms with Gasteiger partial charge in [0.05, 0.1) is 0 Å². The fourth-order valence-corrected chi connectivity index (χ4v) is 2.36. The number of nitrogens with one attached hydrogen (secondary N) is 1. The van der Waals surface area contributed by atoms with Gasteiger partial charge < -0.3 is 14.8 Å². The van der Waals surface area contributed by atoms with E-state index in [2.05, 4.69) is 5.32 Å². The molecule has 16 heavy (non-hydrogen) atoms. The van der Waals surface area contributed by atoms with Crippen LogP contribution in [0.1, 0.15) is 24.3 Å². The monoisotopic (exact) mass is 223 g/mol. The number of piperidine rings is 1. The molecule has 0 bridgehead atoms. The average molecular weight is 223 g/mol. The molecule has 0 radical (unpaired) electrons. The summed E-state index contributed by atoms with van der Waals surface area (Å²) in [6.07, 6.45) is 2.24. The van der Waals surface area contributed by atoms with E-state index in [4.69, 9.17) is 9.47 Å². The highest BCUT2D eigenvalue weighted by atomic mass is 19.1. The van der Waals surface area contributed by atoms with Gasteiger partial charge in [0.15, 0.2) is 11.6 Å². The van der Waals surface area contributed by atoms with Gasteiger partial charge >= 0.3 is 0 Å². The summed E-state index contributed by atoms with van der Waals surface area (Å²) >= 11 is 0. The van der Waals surface area contributed by atoms with E-state index in [-0.39, 0.29) is 18.4 Å². The van der Waals surface area contributed by atoms with Crippen LogP contribution in [-0.4, -0.2) is 19.9 Å². The van der Waals surface area contributed by atoms with Crippen LogP contribution in [0.25, 0.3) is 0 Å². The molecule has 1 N–H and O–H groups in total. The maximum absolute atomic E-state index is 13.7. The summed E-state index contributed by atoms with van der Waals surface area (Å²) in [7, 11) is 0. The van der Waals surface area contributed by atoms with E-state index in [0.29, 0.717) is 11.7 Å². The highest BCUT2D eigenvalue weighted by molar-refractivity contribution is 5.46. The molecule has 2 aliphatic rings. The minimum atomic E-state index is -0.310. The summed E-state index contributed by atoms with van der Waals surface area (Å²) in [5.41, 5.74) is 1.01. The van der Waals surface area contributed by atoms with Gasteiger partial charge in [-0.1, -0.05) is 0 Å². The standard InChI is InChI=1S/C12H14FNO2/c13-10-4-9(8-2-1-3-14-6-8)5-11-12(10)16-7-15-11/h4-5,8,14H,1-3,6-7H2. The molecule has 0 amide bonds. The molecule has 1 aromatic rings. The van der Waals surface area contributed by atoms with E-state index in [1.807, 2.05) is 6.07 Å². The molecule has 1 fully saturated rings. The van der Waals surface area contributed by atoms with Crippen LogP contribution in [0.3, 0.4) is 0 Å². The first kappa shape index (κ1) is 9.90. The number of hydrogen-bond acceptors (Lipinski definition) is 3. The number of ether oxygens (including phenoxy) is 2. The van der Waals surface area contributed by atoms with E-state index in [1.54, 1.807) is 6.07 Å². The van der Waals surface area contributed by atoms with Crippen molar-refractivity contribution < 1.29 is 13.9 Å². The largest absolute Gasteiger partial charge is 0.453 e. The van der Waals surface area contributed by atoms with Crippen molar-refractivity contribution >= 4 is 0 Å². The van der Waals surface area contributed by atoms with Crippen LogP contribution >= 0.6 is 0 Å². The second kappa shape index (κ2) is 3.94. The molecule has 1 saturated heterocycles. The molecule has 1 unspecified atom stereocenters. The Balaban J connectivity index is 1.92. The Labute approximate surface area is 93.6 Å². The van der Waals surface area contributed by atoms with E-state index in [0.717, 1.165) is 31.5 Å². The molecule has 2 aliphatic heterocycles. The van der Waals surface area contributed by atoms with Crippen LogP contribution in [-0.2, 0) is 0 Å². The quantitative estimate of drug-likeness (QED) is 0.790. The molecule has 1 aromatic carbocycles. The van der Waals surface area contributed by atoms with E-state index >= 15 is 0 Å². The second-order valence-electron chi connectivity index (χ2n) is 4.28. The molecule has 0 saturated carbocycles. The summed E-state index contributed by atoms with van der Waals surface area (Å²) in [6, 6.07) is 3.48. The van der Waals surface area contributed by atoms with Gasteiger partial charge in [0, 0.05) is 6.54 Å². The van der Waals surface area contributed by atoms with Gasteiger partial charge in [-0.05, 0) is 43.0 Å². The maximum atomic E-state index is 13.7. The summed E-state index contributed by atoms with van der Waals surface area (Å²) in [5.74, 6) is 0.876. The molecule has 0 aliphatic carbocycles.